The van der Waals surface area contributed by atoms with E-state index in [0.717, 1.165) is 16.7 Å². The maximum Gasteiger partial charge on any atom is 0.259 e. The number of hydrogen-bond donors (Lipinski definition) is 0. The summed E-state index contributed by atoms with van der Waals surface area (Å²) in [6, 6.07) is 14.7. The largest absolute Gasteiger partial charge is 0.334 e. The first kappa shape index (κ1) is 17.4. The summed E-state index contributed by atoms with van der Waals surface area (Å²) >= 11 is 0. The Bertz CT molecular complexity index is 1250. The van der Waals surface area contributed by atoms with Crippen LogP contribution in [0.2, 0.25) is 0 Å². The van der Waals surface area contributed by atoms with Gasteiger partial charge in [0.15, 0.2) is 0 Å². The average Bonchev–Trinajstić information content (AvgIpc) is 3.20. The third-order valence-corrected chi connectivity index (χ3v) is 4.21. The summed E-state index contributed by atoms with van der Waals surface area (Å²) in [6.45, 7) is 2.28. The normalized spacial score (nSPS) is 10.6. The lowest BCUT2D eigenvalue weighted by atomic mass is 10.1. The third-order valence-electron chi connectivity index (χ3n) is 4.21. The molecule has 0 saturated carbocycles. The van der Waals surface area contributed by atoms with Gasteiger partial charge in [0.05, 0.1) is 17.7 Å². The molecular weight excluding hydrogens is 354 g/mol. The summed E-state index contributed by atoms with van der Waals surface area (Å²) in [6.07, 6.45) is 4.77. The highest BCUT2D eigenvalue weighted by Crippen LogP contribution is 2.22. The molecule has 0 radical (unpaired) electrons. The molecule has 0 amide bonds. The molecule has 7 nitrogen and oxygen atoms in total. The molecule has 0 aliphatic heterocycles. The lowest BCUT2D eigenvalue weighted by Crippen LogP contribution is -2.19. The molecule has 0 fully saturated rings. The van der Waals surface area contributed by atoms with Gasteiger partial charge in [-0.25, -0.2) is 0 Å². The quantitative estimate of drug-likeness (QED) is 0.548. The molecule has 0 bridgehead atoms. The molecule has 1 aromatic carbocycles. The zero-order valence-electron chi connectivity index (χ0n) is 15.0. The molecule has 3 aromatic heterocycles. The van der Waals surface area contributed by atoms with Crippen molar-refractivity contribution in [3.63, 3.8) is 0 Å². The minimum atomic E-state index is -0.176. The lowest BCUT2D eigenvalue weighted by Gasteiger charge is -2.06. The van der Waals surface area contributed by atoms with Crippen LogP contribution in [0.25, 0.3) is 22.8 Å². The maximum atomic E-state index is 12.2. The number of aryl methyl sites for hydroxylation is 1. The van der Waals surface area contributed by atoms with Crippen molar-refractivity contribution >= 4 is 0 Å². The monoisotopic (exact) mass is 369 g/mol. The Balaban J connectivity index is 1.66. The molecule has 0 unspecified atom stereocenters. The molecular formula is C21H15N5O2. The third kappa shape index (κ3) is 3.57. The molecule has 0 N–H and O–H groups in total. The standard InChI is InChI=1S/C21H15N5O2/c1-14-3-2-4-17(7-14)20-24-21(28-25-20)18-5-6-19(27)26(13-18)12-16-8-15(9-22)10-23-11-16/h2-8,10-11,13H,12H2,1H3. The van der Waals surface area contributed by atoms with Gasteiger partial charge in [0, 0.05) is 30.2 Å². The van der Waals surface area contributed by atoms with Crippen molar-refractivity contribution < 1.29 is 4.52 Å². The van der Waals surface area contributed by atoms with E-state index in [0.29, 0.717) is 22.8 Å². The number of pyridine rings is 2. The van der Waals surface area contributed by atoms with E-state index >= 15 is 0 Å². The van der Waals surface area contributed by atoms with Gasteiger partial charge in [0.2, 0.25) is 5.82 Å². The topological polar surface area (TPSA) is 97.6 Å². The van der Waals surface area contributed by atoms with Gasteiger partial charge in [-0.2, -0.15) is 10.2 Å². The van der Waals surface area contributed by atoms with E-state index < -0.39 is 0 Å². The Kier molecular flexibility index (Phi) is 4.52. The first-order valence-corrected chi connectivity index (χ1v) is 8.58. The Hall–Kier alpha value is -4.05. The number of nitrogens with zero attached hydrogens (tertiary/aromatic N) is 5. The van der Waals surface area contributed by atoms with Gasteiger partial charge >= 0.3 is 0 Å². The summed E-state index contributed by atoms with van der Waals surface area (Å²) < 4.78 is 6.91. The second-order valence-corrected chi connectivity index (χ2v) is 6.37. The van der Waals surface area contributed by atoms with Crippen molar-refractivity contribution in [3.05, 3.63) is 88.1 Å². The Morgan fingerprint density at radius 2 is 2.04 bits per heavy atom. The average molecular weight is 369 g/mol. The summed E-state index contributed by atoms with van der Waals surface area (Å²) in [5.74, 6) is 0.816. The maximum absolute atomic E-state index is 12.2. The minimum Gasteiger partial charge on any atom is -0.334 e. The van der Waals surface area contributed by atoms with Gasteiger partial charge in [-0.1, -0.05) is 28.9 Å². The van der Waals surface area contributed by atoms with Crippen LogP contribution in [0.5, 0.6) is 0 Å². The number of hydrogen-bond acceptors (Lipinski definition) is 6. The zero-order valence-corrected chi connectivity index (χ0v) is 15.0. The van der Waals surface area contributed by atoms with E-state index in [1.807, 2.05) is 37.3 Å². The second-order valence-electron chi connectivity index (χ2n) is 6.37. The highest BCUT2D eigenvalue weighted by atomic mass is 16.5. The summed E-state index contributed by atoms with van der Waals surface area (Å²) in [5, 5.41) is 13.0. The molecule has 3 heterocycles. The molecule has 0 saturated heterocycles. The summed E-state index contributed by atoms with van der Waals surface area (Å²) in [7, 11) is 0. The van der Waals surface area contributed by atoms with Crippen LogP contribution in [-0.2, 0) is 6.54 Å². The van der Waals surface area contributed by atoms with Crippen molar-refractivity contribution in [2.24, 2.45) is 0 Å². The van der Waals surface area contributed by atoms with Crippen molar-refractivity contribution in [1.29, 1.82) is 5.26 Å². The Labute approximate surface area is 160 Å². The Morgan fingerprint density at radius 1 is 1.14 bits per heavy atom. The molecule has 0 atom stereocenters. The van der Waals surface area contributed by atoms with E-state index in [1.165, 1.54) is 16.8 Å². The highest BCUT2D eigenvalue weighted by molar-refractivity contribution is 5.59. The highest BCUT2D eigenvalue weighted by Gasteiger charge is 2.12. The number of nitriles is 1. The molecule has 0 aliphatic rings. The van der Waals surface area contributed by atoms with Gasteiger partial charge in [-0.3, -0.25) is 9.78 Å². The van der Waals surface area contributed by atoms with Gasteiger partial charge in [-0.05, 0) is 30.7 Å². The van der Waals surface area contributed by atoms with E-state index in [9.17, 15) is 4.79 Å². The fraction of sp³-hybridized carbons (Fsp3) is 0.0952. The van der Waals surface area contributed by atoms with Gasteiger partial charge in [-0.15, -0.1) is 0 Å². The van der Waals surface area contributed by atoms with Crippen LogP contribution in [0.3, 0.4) is 0 Å². The van der Waals surface area contributed by atoms with Crippen molar-refractivity contribution in [1.82, 2.24) is 19.7 Å². The van der Waals surface area contributed by atoms with Gasteiger partial charge in [0.25, 0.3) is 11.4 Å². The smallest absolute Gasteiger partial charge is 0.259 e. The van der Waals surface area contributed by atoms with Gasteiger partial charge < -0.3 is 9.09 Å². The van der Waals surface area contributed by atoms with E-state index in [4.69, 9.17) is 9.78 Å². The molecule has 4 rings (SSSR count). The van der Waals surface area contributed by atoms with Crippen molar-refractivity contribution in [2.75, 3.05) is 0 Å². The molecule has 136 valence electrons. The first-order valence-electron chi connectivity index (χ1n) is 8.58. The SMILES string of the molecule is Cc1cccc(-c2noc(-c3ccc(=O)n(Cc4cncc(C#N)c4)c3)n2)c1. The van der Waals surface area contributed by atoms with E-state index in [2.05, 4.69) is 15.1 Å². The van der Waals surface area contributed by atoms with Crippen LogP contribution in [0.4, 0.5) is 0 Å². The van der Waals surface area contributed by atoms with Crippen molar-refractivity contribution in [2.45, 2.75) is 13.5 Å². The predicted octanol–water partition coefficient (Wildman–Crippen LogP) is 3.19. The number of rotatable bonds is 4. The minimum absolute atomic E-state index is 0.176. The van der Waals surface area contributed by atoms with Crippen LogP contribution in [0, 0.1) is 18.3 Å². The van der Waals surface area contributed by atoms with E-state index in [-0.39, 0.29) is 12.1 Å². The van der Waals surface area contributed by atoms with Crippen LogP contribution in [0.15, 0.2) is 70.4 Å². The van der Waals surface area contributed by atoms with Crippen LogP contribution in [-0.4, -0.2) is 19.7 Å². The fourth-order valence-corrected chi connectivity index (χ4v) is 2.86. The van der Waals surface area contributed by atoms with Crippen molar-refractivity contribution in [3.8, 4) is 28.9 Å². The molecule has 4 aromatic rings. The molecule has 7 heteroatoms. The van der Waals surface area contributed by atoms with Crippen LogP contribution in [0.1, 0.15) is 16.7 Å². The lowest BCUT2D eigenvalue weighted by molar-refractivity contribution is 0.432. The molecule has 0 spiro atoms. The predicted molar refractivity (Wildman–Crippen MR) is 102 cm³/mol. The van der Waals surface area contributed by atoms with Gasteiger partial charge in [0.1, 0.15) is 6.07 Å². The zero-order chi connectivity index (χ0) is 19.5. The Morgan fingerprint density at radius 3 is 2.86 bits per heavy atom. The summed E-state index contributed by atoms with van der Waals surface area (Å²) in [4.78, 5) is 20.7. The fourth-order valence-electron chi connectivity index (χ4n) is 2.86. The number of benzene rings is 1. The van der Waals surface area contributed by atoms with Crippen LogP contribution < -0.4 is 5.56 Å². The second kappa shape index (κ2) is 7.29. The first-order chi connectivity index (χ1) is 13.6. The van der Waals surface area contributed by atoms with E-state index in [1.54, 1.807) is 24.5 Å². The molecule has 0 aliphatic carbocycles. The molecule has 28 heavy (non-hydrogen) atoms. The number of aromatic nitrogens is 4. The van der Waals surface area contributed by atoms with Crippen LogP contribution >= 0.6 is 0 Å². The summed E-state index contributed by atoms with van der Waals surface area (Å²) in [5.41, 5.74) is 3.62.